The molecule has 0 saturated carbocycles. The third-order valence-electron chi connectivity index (χ3n) is 4.72. The summed E-state index contributed by atoms with van der Waals surface area (Å²) in [5.41, 5.74) is 9.33. The predicted molar refractivity (Wildman–Crippen MR) is 96.3 cm³/mol. The minimum absolute atomic E-state index is 0.144. The van der Waals surface area contributed by atoms with Crippen molar-refractivity contribution < 1.29 is 9.53 Å². The topological polar surface area (TPSA) is 80.1 Å². The summed E-state index contributed by atoms with van der Waals surface area (Å²) in [5.74, 6) is -0.144. The Labute approximate surface area is 146 Å². The number of fused-ring (bicyclic) bond motifs is 1. The molecule has 24 heavy (non-hydrogen) atoms. The molecule has 0 bridgehead atoms. The third kappa shape index (κ3) is 3.58. The van der Waals surface area contributed by atoms with E-state index in [1.54, 1.807) is 0 Å². The zero-order chi connectivity index (χ0) is 17.3. The number of nitrogens with one attached hydrogen (secondary N) is 2. The largest absolute Gasteiger partial charge is 0.373 e. The summed E-state index contributed by atoms with van der Waals surface area (Å²) in [5, 5.41) is 4.78. The van der Waals surface area contributed by atoms with Crippen molar-refractivity contribution >= 4 is 28.4 Å². The van der Waals surface area contributed by atoms with Crippen LogP contribution in [0.3, 0.4) is 0 Å². The highest BCUT2D eigenvalue weighted by molar-refractivity contribution is 6.31. The van der Waals surface area contributed by atoms with Gasteiger partial charge < -0.3 is 20.8 Å². The fraction of sp³-hybridized carbons (Fsp3) is 0.500. The first kappa shape index (κ1) is 17.3. The molecule has 4 N–H and O–H groups in total. The molecule has 1 aliphatic heterocycles. The fourth-order valence-corrected chi connectivity index (χ4v) is 3.55. The summed E-state index contributed by atoms with van der Waals surface area (Å²) >= 11 is 6.03. The Balaban J connectivity index is 1.58. The quantitative estimate of drug-likeness (QED) is 0.776. The molecule has 1 amide bonds. The van der Waals surface area contributed by atoms with Crippen LogP contribution in [-0.4, -0.2) is 35.7 Å². The van der Waals surface area contributed by atoms with Crippen LogP contribution in [0.15, 0.2) is 18.2 Å². The van der Waals surface area contributed by atoms with Crippen LogP contribution in [0.5, 0.6) is 0 Å². The van der Waals surface area contributed by atoms with Crippen LogP contribution in [0.2, 0.25) is 5.02 Å². The van der Waals surface area contributed by atoms with Crippen LogP contribution in [0.4, 0.5) is 0 Å². The summed E-state index contributed by atoms with van der Waals surface area (Å²) < 4.78 is 5.68. The molecular weight excluding hydrogens is 326 g/mol. The lowest BCUT2D eigenvalue weighted by molar-refractivity contribution is -0.125. The molecule has 1 fully saturated rings. The van der Waals surface area contributed by atoms with Crippen LogP contribution < -0.4 is 11.1 Å². The van der Waals surface area contributed by atoms with E-state index >= 15 is 0 Å². The molecular formula is C18H24ClN3O2. The molecule has 6 heteroatoms. The first-order chi connectivity index (χ1) is 11.5. The van der Waals surface area contributed by atoms with Gasteiger partial charge in [-0.2, -0.15) is 0 Å². The molecule has 1 aliphatic rings. The van der Waals surface area contributed by atoms with Crippen molar-refractivity contribution in [3.05, 3.63) is 34.5 Å². The van der Waals surface area contributed by atoms with Crippen LogP contribution >= 0.6 is 11.6 Å². The Hall–Kier alpha value is -1.56. The second kappa shape index (κ2) is 7.13. The summed E-state index contributed by atoms with van der Waals surface area (Å²) in [4.78, 5) is 15.6. The van der Waals surface area contributed by atoms with Crippen molar-refractivity contribution in [1.29, 1.82) is 0 Å². The zero-order valence-electron chi connectivity index (χ0n) is 14.1. The lowest BCUT2D eigenvalue weighted by Crippen LogP contribution is -2.48. The standard InChI is InChI=1S/C18H24ClN3O2/c1-10-3-6-16(24-10)17(20)18(23)21-8-7-13-11(2)22-15-9-12(19)4-5-14(13)15/h4-5,9-10,16-17,22H,3,6-8,20H2,1-2H3,(H,21,23). The number of carbonyl (C=O) groups is 1. The average Bonchev–Trinajstić information content (AvgIpc) is 3.10. The number of hydrogen-bond donors (Lipinski definition) is 3. The number of nitrogens with two attached hydrogens (primary N) is 1. The maximum absolute atomic E-state index is 12.2. The normalized spacial score (nSPS) is 22.0. The highest BCUT2D eigenvalue weighted by Crippen LogP contribution is 2.25. The second-order valence-electron chi connectivity index (χ2n) is 6.55. The molecule has 1 aromatic carbocycles. The molecule has 1 aromatic heterocycles. The molecule has 0 spiro atoms. The molecule has 5 nitrogen and oxygen atoms in total. The minimum atomic E-state index is -0.599. The number of hydrogen-bond acceptors (Lipinski definition) is 3. The number of aromatic amines is 1. The average molecular weight is 350 g/mol. The SMILES string of the molecule is Cc1[nH]c2cc(Cl)ccc2c1CCNC(=O)C(N)C1CCC(C)O1. The van der Waals surface area contributed by atoms with Crippen LogP contribution in [-0.2, 0) is 16.0 Å². The van der Waals surface area contributed by atoms with Gasteiger partial charge in [-0.3, -0.25) is 4.79 Å². The van der Waals surface area contributed by atoms with E-state index in [4.69, 9.17) is 22.1 Å². The van der Waals surface area contributed by atoms with Gasteiger partial charge in [0, 0.05) is 28.2 Å². The van der Waals surface area contributed by atoms with E-state index in [0.29, 0.717) is 11.6 Å². The number of carbonyl (C=O) groups excluding carboxylic acids is 1. The van der Waals surface area contributed by atoms with Gasteiger partial charge in [-0.05, 0) is 50.8 Å². The molecule has 3 rings (SSSR count). The molecule has 3 unspecified atom stereocenters. The van der Waals surface area contributed by atoms with E-state index < -0.39 is 6.04 Å². The first-order valence-electron chi connectivity index (χ1n) is 8.41. The number of benzene rings is 1. The number of aromatic nitrogens is 1. The monoisotopic (exact) mass is 349 g/mol. The number of rotatable bonds is 5. The number of amides is 1. The molecule has 0 radical (unpaired) electrons. The lowest BCUT2D eigenvalue weighted by Gasteiger charge is -2.18. The molecule has 2 aromatic rings. The van der Waals surface area contributed by atoms with Gasteiger partial charge in [-0.1, -0.05) is 17.7 Å². The van der Waals surface area contributed by atoms with Gasteiger partial charge >= 0.3 is 0 Å². The fourth-order valence-electron chi connectivity index (χ4n) is 3.38. The van der Waals surface area contributed by atoms with E-state index in [0.717, 1.165) is 35.9 Å². The van der Waals surface area contributed by atoms with Gasteiger partial charge in [-0.15, -0.1) is 0 Å². The van der Waals surface area contributed by atoms with E-state index in [1.807, 2.05) is 32.0 Å². The summed E-state index contributed by atoms with van der Waals surface area (Å²) in [6, 6.07) is 5.21. The number of aryl methyl sites for hydroxylation is 1. The minimum Gasteiger partial charge on any atom is -0.373 e. The van der Waals surface area contributed by atoms with Crippen molar-refractivity contribution in [2.45, 2.75) is 51.4 Å². The Kier molecular flexibility index (Phi) is 5.13. The molecule has 0 aliphatic carbocycles. The van der Waals surface area contributed by atoms with Crippen molar-refractivity contribution in [3.63, 3.8) is 0 Å². The maximum atomic E-state index is 12.2. The van der Waals surface area contributed by atoms with Gasteiger partial charge in [0.15, 0.2) is 0 Å². The Morgan fingerprint density at radius 1 is 1.50 bits per heavy atom. The predicted octanol–water partition coefficient (Wildman–Crippen LogP) is 2.68. The van der Waals surface area contributed by atoms with Gasteiger partial charge in [0.05, 0.1) is 12.2 Å². The maximum Gasteiger partial charge on any atom is 0.239 e. The van der Waals surface area contributed by atoms with Crippen molar-refractivity contribution in [3.8, 4) is 0 Å². The molecule has 1 saturated heterocycles. The zero-order valence-corrected chi connectivity index (χ0v) is 14.8. The van der Waals surface area contributed by atoms with E-state index in [-0.39, 0.29) is 18.1 Å². The van der Waals surface area contributed by atoms with Gasteiger partial charge in [-0.25, -0.2) is 0 Å². The highest BCUT2D eigenvalue weighted by atomic mass is 35.5. The molecule has 130 valence electrons. The van der Waals surface area contributed by atoms with E-state index in [2.05, 4.69) is 10.3 Å². The number of halogens is 1. The van der Waals surface area contributed by atoms with Crippen LogP contribution in [0.25, 0.3) is 10.9 Å². The Morgan fingerprint density at radius 2 is 2.29 bits per heavy atom. The van der Waals surface area contributed by atoms with Crippen LogP contribution in [0.1, 0.15) is 31.0 Å². The highest BCUT2D eigenvalue weighted by Gasteiger charge is 2.31. The smallest absolute Gasteiger partial charge is 0.239 e. The summed E-state index contributed by atoms with van der Waals surface area (Å²) in [7, 11) is 0. The van der Waals surface area contributed by atoms with Gasteiger partial charge in [0.25, 0.3) is 0 Å². The van der Waals surface area contributed by atoms with E-state index in [1.165, 1.54) is 5.56 Å². The molecule has 2 heterocycles. The molecule has 3 atom stereocenters. The van der Waals surface area contributed by atoms with Crippen molar-refractivity contribution in [2.75, 3.05) is 6.54 Å². The summed E-state index contributed by atoms with van der Waals surface area (Å²) in [6.07, 6.45) is 2.57. The van der Waals surface area contributed by atoms with Gasteiger partial charge in [0.2, 0.25) is 5.91 Å². The third-order valence-corrected chi connectivity index (χ3v) is 4.96. The number of ether oxygens (including phenoxy) is 1. The van der Waals surface area contributed by atoms with Gasteiger partial charge in [0.1, 0.15) is 6.04 Å². The summed E-state index contributed by atoms with van der Waals surface area (Å²) in [6.45, 7) is 4.59. The number of H-pyrrole nitrogens is 1. The van der Waals surface area contributed by atoms with Crippen LogP contribution in [0, 0.1) is 6.92 Å². The van der Waals surface area contributed by atoms with Crippen molar-refractivity contribution in [1.82, 2.24) is 10.3 Å². The first-order valence-corrected chi connectivity index (χ1v) is 8.79. The Bertz CT molecular complexity index is 743. The Morgan fingerprint density at radius 3 is 3.00 bits per heavy atom. The lowest BCUT2D eigenvalue weighted by atomic mass is 10.1. The van der Waals surface area contributed by atoms with Crippen molar-refractivity contribution in [2.24, 2.45) is 5.73 Å². The van der Waals surface area contributed by atoms with E-state index in [9.17, 15) is 4.79 Å². The second-order valence-corrected chi connectivity index (χ2v) is 6.98.